The second-order valence-corrected chi connectivity index (χ2v) is 9.32. The molecular weight excluding hydrogens is 416 g/mol. The molecule has 33 heavy (non-hydrogen) atoms. The van der Waals surface area contributed by atoms with Crippen molar-refractivity contribution in [3.05, 3.63) is 65.7 Å². The fourth-order valence-electron chi connectivity index (χ4n) is 4.82. The van der Waals surface area contributed by atoms with Crippen LogP contribution in [0, 0.1) is 6.92 Å². The highest BCUT2D eigenvalue weighted by molar-refractivity contribution is 5.97. The molecule has 1 N–H and O–H groups in total. The molecule has 0 unspecified atom stereocenters. The fraction of sp³-hybridized carbons (Fsp3) is 0.423. The lowest BCUT2D eigenvalue weighted by Crippen LogP contribution is -2.57. The Kier molecular flexibility index (Phi) is 6.40. The van der Waals surface area contributed by atoms with Gasteiger partial charge in [-0.1, -0.05) is 35.9 Å². The number of hydrogen-bond donors (Lipinski definition) is 1. The number of para-hydroxylation sites is 1. The van der Waals surface area contributed by atoms with E-state index < -0.39 is 5.54 Å². The third-order valence-electron chi connectivity index (χ3n) is 6.54. The van der Waals surface area contributed by atoms with Crippen LogP contribution in [0.3, 0.4) is 0 Å². The van der Waals surface area contributed by atoms with Crippen LogP contribution in [0.1, 0.15) is 42.6 Å². The molecule has 2 aliphatic heterocycles. The van der Waals surface area contributed by atoms with Gasteiger partial charge in [0.05, 0.1) is 6.67 Å². The van der Waals surface area contributed by atoms with Crippen LogP contribution in [0.25, 0.3) is 0 Å². The van der Waals surface area contributed by atoms with E-state index in [4.69, 9.17) is 0 Å². The van der Waals surface area contributed by atoms with Gasteiger partial charge < -0.3 is 20.0 Å². The van der Waals surface area contributed by atoms with Crippen molar-refractivity contribution in [1.29, 1.82) is 0 Å². The van der Waals surface area contributed by atoms with Crippen LogP contribution >= 0.6 is 0 Å². The van der Waals surface area contributed by atoms with Gasteiger partial charge in [0.25, 0.3) is 11.8 Å². The van der Waals surface area contributed by atoms with Gasteiger partial charge in [0.2, 0.25) is 5.91 Å². The average molecular weight is 449 g/mol. The Morgan fingerprint density at radius 2 is 1.64 bits per heavy atom. The van der Waals surface area contributed by atoms with Crippen LogP contribution < -0.4 is 10.2 Å². The number of benzene rings is 2. The highest BCUT2D eigenvalue weighted by atomic mass is 16.2. The highest BCUT2D eigenvalue weighted by Crippen LogP contribution is 2.39. The van der Waals surface area contributed by atoms with E-state index in [0.717, 1.165) is 11.3 Å². The maximum Gasteiger partial charge on any atom is 0.253 e. The van der Waals surface area contributed by atoms with Gasteiger partial charge in [0, 0.05) is 30.4 Å². The third kappa shape index (κ3) is 4.58. The first-order valence-electron chi connectivity index (χ1n) is 11.6. The molecule has 2 heterocycles. The van der Waals surface area contributed by atoms with Gasteiger partial charge in [-0.05, 0) is 57.9 Å². The number of anilines is 1. The fourth-order valence-corrected chi connectivity index (χ4v) is 4.82. The molecule has 7 nitrogen and oxygen atoms in total. The standard InChI is InChI=1S/C26H32N4O3/c1-19(2)27-23(31)17-29-18-30(22-7-5-4-6-8-22)26(25(29)33)13-15-28(16-14-26)24(32)21-11-9-20(3)10-12-21/h4-12,19H,13-18H2,1-3H3,(H,27,31). The molecule has 0 aromatic heterocycles. The minimum absolute atomic E-state index is 0.00488. The molecule has 0 radical (unpaired) electrons. The summed E-state index contributed by atoms with van der Waals surface area (Å²) in [5, 5.41) is 2.88. The molecule has 7 heteroatoms. The lowest BCUT2D eigenvalue weighted by Gasteiger charge is -2.43. The minimum Gasteiger partial charge on any atom is -0.352 e. The van der Waals surface area contributed by atoms with E-state index >= 15 is 0 Å². The summed E-state index contributed by atoms with van der Waals surface area (Å²) in [6.45, 7) is 7.19. The summed E-state index contributed by atoms with van der Waals surface area (Å²) in [5.74, 6) is -0.196. The van der Waals surface area contributed by atoms with Crippen LogP contribution in [0.15, 0.2) is 54.6 Å². The van der Waals surface area contributed by atoms with Crippen molar-refractivity contribution in [1.82, 2.24) is 15.1 Å². The van der Waals surface area contributed by atoms with Crippen molar-refractivity contribution in [3.8, 4) is 0 Å². The van der Waals surface area contributed by atoms with Gasteiger partial charge in [0.1, 0.15) is 12.1 Å². The SMILES string of the molecule is Cc1ccc(C(=O)N2CCC3(CC2)C(=O)N(CC(=O)NC(C)C)CN3c2ccccc2)cc1. The Bertz CT molecular complexity index is 1010. The number of nitrogens with one attached hydrogen (secondary N) is 1. The second kappa shape index (κ2) is 9.25. The molecule has 0 atom stereocenters. The molecule has 2 aromatic carbocycles. The predicted octanol–water partition coefficient (Wildman–Crippen LogP) is 2.80. The molecule has 4 rings (SSSR count). The zero-order chi connectivity index (χ0) is 23.6. The van der Waals surface area contributed by atoms with Gasteiger partial charge in [-0.2, -0.15) is 0 Å². The maximum atomic E-state index is 13.7. The van der Waals surface area contributed by atoms with E-state index in [2.05, 4.69) is 10.2 Å². The van der Waals surface area contributed by atoms with Crippen LogP contribution in [0.2, 0.25) is 0 Å². The lowest BCUT2D eigenvalue weighted by molar-refractivity contribution is -0.137. The number of piperidine rings is 1. The molecule has 0 aliphatic carbocycles. The molecule has 174 valence electrons. The van der Waals surface area contributed by atoms with Crippen molar-refractivity contribution in [3.63, 3.8) is 0 Å². The zero-order valence-corrected chi connectivity index (χ0v) is 19.6. The second-order valence-electron chi connectivity index (χ2n) is 9.32. The van der Waals surface area contributed by atoms with Crippen LogP contribution in [-0.2, 0) is 9.59 Å². The number of amides is 3. The highest BCUT2D eigenvalue weighted by Gasteiger charge is 2.54. The molecule has 2 fully saturated rings. The number of hydrogen-bond acceptors (Lipinski definition) is 4. The Morgan fingerprint density at radius 1 is 1.00 bits per heavy atom. The smallest absolute Gasteiger partial charge is 0.253 e. The summed E-state index contributed by atoms with van der Waals surface area (Å²) in [5.41, 5.74) is 1.99. The first-order chi connectivity index (χ1) is 15.8. The van der Waals surface area contributed by atoms with Crippen molar-refractivity contribution in [2.75, 3.05) is 31.2 Å². The van der Waals surface area contributed by atoms with Gasteiger partial charge in [-0.3, -0.25) is 14.4 Å². The summed E-state index contributed by atoms with van der Waals surface area (Å²) in [6, 6.07) is 17.5. The summed E-state index contributed by atoms with van der Waals surface area (Å²) >= 11 is 0. The Morgan fingerprint density at radius 3 is 2.24 bits per heavy atom. The van der Waals surface area contributed by atoms with Crippen LogP contribution in [0.5, 0.6) is 0 Å². The van der Waals surface area contributed by atoms with E-state index in [1.54, 1.807) is 4.90 Å². The van der Waals surface area contributed by atoms with Crippen molar-refractivity contribution in [2.24, 2.45) is 0 Å². The predicted molar refractivity (Wildman–Crippen MR) is 128 cm³/mol. The average Bonchev–Trinajstić information content (AvgIpc) is 3.06. The Balaban J connectivity index is 1.54. The van der Waals surface area contributed by atoms with Crippen LogP contribution in [0.4, 0.5) is 5.69 Å². The summed E-state index contributed by atoms with van der Waals surface area (Å²) in [4.78, 5) is 44.7. The van der Waals surface area contributed by atoms with Gasteiger partial charge >= 0.3 is 0 Å². The number of nitrogens with zero attached hydrogens (tertiary/aromatic N) is 3. The minimum atomic E-state index is -0.747. The zero-order valence-electron chi connectivity index (χ0n) is 19.6. The van der Waals surface area contributed by atoms with Gasteiger partial charge in [0.15, 0.2) is 0 Å². The number of aryl methyl sites for hydroxylation is 1. The first-order valence-corrected chi connectivity index (χ1v) is 11.6. The van der Waals surface area contributed by atoms with E-state index in [1.165, 1.54) is 0 Å². The van der Waals surface area contributed by atoms with Gasteiger partial charge in [-0.25, -0.2) is 0 Å². The monoisotopic (exact) mass is 448 g/mol. The number of carbonyl (C=O) groups excluding carboxylic acids is 3. The topological polar surface area (TPSA) is 73.0 Å². The Labute approximate surface area is 195 Å². The maximum absolute atomic E-state index is 13.7. The normalized spacial score (nSPS) is 17.7. The van der Waals surface area contributed by atoms with Crippen molar-refractivity contribution >= 4 is 23.4 Å². The van der Waals surface area contributed by atoms with E-state index in [0.29, 0.717) is 38.2 Å². The van der Waals surface area contributed by atoms with Crippen molar-refractivity contribution < 1.29 is 14.4 Å². The molecule has 1 spiro atoms. The molecule has 3 amide bonds. The molecule has 2 aromatic rings. The van der Waals surface area contributed by atoms with E-state index in [9.17, 15) is 14.4 Å². The largest absolute Gasteiger partial charge is 0.352 e. The van der Waals surface area contributed by atoms with E-state index in [1.807, 2.05) is 80.3 Å². The molecule has 0 saturated carbocycles. The first kappa shape index (κ1) is 22.8. The molecule has 2 aliphatic rings. The number of likely N-dealkylation sites (tertiary alicyclic amines) is 1. The number of rotatable bonds is 5. The number of carbonyl (C=O) groups is 3. The van der Waals surface area contributed by atoms with Crippen LogP contribution in [-0.4, -0.2) is 65.4 Å². The molecular formula is C26H32N4O3. The quantitative estimate of drug-likeness (QED) is 0.764. The van der Waals surface area contributed by atoms with Crippen molar-refractivity contribution in [2.45, 2.75) is 45.2 Å². The summed E-state index contributed by atoms with van der Waals surface area (Å²) < 4.78 is 0. The summed E-state index contributed by atoms with van der Waals surface area (Å²) in [6.07, 6.45) is 1.06. The third-order valence-corrected chi connectivity index (χ3v) is 6.54. The lowest BCUT2D eigenvalue weighted by atomic mass is 9.85. The Hall–Kier alpha value is -3.35. The molecule has 0 bridgehead atoms. The summed E-state index contributed by atoms with van der Waals surface area (Å²) in [7, 11) is 0. The van der Waals surface area contributed by atoms with E-state index in [-0.39, 0.29) is 30.3 Å². The van der Waals surface area contributed by atoms with Gasteiger partial charge in [-0.15, -0.1) is 0 Å². The molecule has 2 saturated heterocycles.